The molecule has 0 saturated heterocycles. The van der Waals surface area contributed by atoms with Gasteiger partial charge >= 0.3 is 0 Å². The normalized spacial score (nSPS) is 14.8. The van der Waals surface area contributed by atoms with Crippen LogP contribution in [0.2, 0.25) is 0 Å². The molecule has 0 atom stereocenters. The average molecular weight is 417 g/mol. The second-order valence-electron chi connectivity index (χ2n) is 4.87. The van der Waals surface area contributed by atoms with Crippen molar-refractivity contribution in [1.82, 2.24) is 15.3 Å². The summed E-state index contributed by atoms with van der Waals surface area (Å²) in [6.45, 7) is 4.03. The molecule has 1 fully saturated rings. The highest BCUT2D eigenvalue weighted by Gasteiger charge is 2.30. The second kappa shape index (κ2) is 6.22. The predicted molar refractivity (Wildman–Crippen MR) is 90.1 cm³/mol. The van der Waals surface area contributed by atoms with E-state index in [-0.39, 0.29) is 0 Å². The van der Waals surface area contributed by atoms with Crippen LogP contribution in [0.1, 0.15) is 36.3 Å². The molecule has 0 aromatic carbocycles. The number of hydrogen-bond donors (Lipinski definition) is 1. The first kappa shape index (κ1) is 14.6. The van der Waals surface area contributed by atoms with Crippen molar-refractivity contribution in [3.05, 3.63) is 31.8 Å². The van der Waals surface area contributed by atoms with Crippen LogP contribution >= 0.6 is 43.2 Å². The molecule has 20 heavy (non-hydrogen) atoms. The Balaban J connectivity index is 1.96. The van der Waals surface area contributed by atoms with Crippen molar-refractivity contribution in [2.45, 2.75) is 32.2 Å². The maximum Gasteiger partial charge on any atom is 0.143 e. The summed E-state index contributed by atoms with van der Waals surface area (Å²) in [6.07, 6.45) is 4.37. The molecular weight excluding hydrogens is 402 g/mol. The fourth-order valence-electron chi connectivity index (χ4n) is 2.08. The van der Waals surface area contributed by atoms with Crippen LogP contribution in [0.5, 0.6) is 0 Å². The zero-order valence-electron chi connectivity index (χ0n) is 11.1. The minimum Gasteiger partial charge on any atom is -0.312 e. The summed E-state index contributed by atoms with van der Waals surface area (Å²) in [6, 6.07) is 2.02. The minimum atomic E-state index is 0.669. The van der Waals surface area contributed by atoms with Gasteiger partial charge < -0.3 is 5.32 Å². The highest BCUT2D eigenvalue weighted by molar-refractivity contribution is 9.11. The van der Waals surface area contributed by atoms with Crippen molar-refractivity contribution in [1.29, 1.82) is 0 Å². The van der Waals surface area contributed by atoms with Crippen LogP contribution in [0.25, 0.3) is 10.7 Å². The van der Waals surface area contributed by atoms with Crippen LogP contribution in [0.3, 0.4) is 0 Å². The molecule has 2 heterocycles. The molecule has 0 amide bonds. The zero-order chi connectivity index (χ0) is 14.1. The predicted octanol–water partition coefficient (Wildman–Crippen LogP) is 4.72. The van der Waals surface area contributed by atoms with Crippen molar-refractivity contribution in [3.63, 3.8) is 0 Å². The third kappa shape index (κ3) is 3.13. The summed E-state index contributed by atoms with van der Waals surface area (Å²) < 4.78 is 1.96. The highest BCUT2D eigenvalue weighted by atomic mass is 79.9. The van der Waals surface area contributed by atoms with Crippen LogP contribution in [0.4, 0.5) is 0 Å². The Morgan fingerprint density at radius 3 is 2.85 bits per heavy atom. The number of hydrogen-bond acceptors (Lipinski definition) is 4. The van der Waals surface area contributed by atoms with Gasteiger partial charge in [0.05, 0.1) is 5.69 Å². The molecule has 1 aliphatic carbocycles. The molecule has 0 bridgehead atoms. The number of pyridine rings is 1. The van der Waals surface area contributed by atoms with Gasteiger partial charge in [-0.1, -0.05) is 6.92 Å². The van der Waals surface area contributed by atoms with Crippen molar-refractivity contribution in [2.75, 3.05) is 6.54 Å². The lowest BCUT2D eigenvalue weighted by Gasteiger charge is -2.00. The molecule has 0 aliphatic heterocycles. The topological polar surface area (TPSA) is 37.8 Å². The number of nitrogens with one attached hydrogen (secondary N) is 1. The van der Waals surface area contributed by atoms with E-state index >= 15 is 0 Å². The molecule has 0 unspecified atom stereocenters. The van der Waals surface area contributed by atoms with Crippen LogP contribution in [-0.4, -0.2) is 16.5 Å². The number of nitrogens with zero attached hydrogens (tertiary/aromatic N) is 2. The monoisotopic (exact) mass is 415 g/mol. The van der Waals surface area contributed by atoms with E-state index in [9.17, 15) is 0 Å². The van der Waals surface area contributed by atoms with Gasteiger partial charge in [-0.25, -0.2) is 4.98 Å². The molecule has 6 heteroatoms. The van der Waals surface area contributed by atoms with Crippen LogP contribution in [0.15, 0.2) is 21.2 Å². The molecule has 0 spiro atoms. The zero-order valence-corrected chi connectivity index (χ0v) is 15.1. The Labute approximate surface area is 139 Å². The molecule has 106 valence electrons. The van der Waals surface area contributed by atoms with Crippen molar-refractivity contribution in [3.8, 4) is 10.7 Å². The maximum atomic E-state index is 4.86. The Bertz CT molecular complexity index is 623. The lowest BCUT2D eigenvalue weighted by molar-refractivity contribution is 0.727. The summed E-state index contributed by atoms with van der Waals surface area (Å²) in [4.78, 5) is 10.7. The first-order valence-electron chi connectivity index (χ1n) is 6.70. The fraction of sp³-hybridized carbons (Fsp3) is 0.429. The van der Waals surface area contributed by atoms with Crippen molar-refractivity contribution < 1.29 is 0 Å². The molecule has 0 radical (unpaired) electrons. The van der Waals surface area contributed by atoms with Gasteiger partial charge in [0.2, 0.25) is 0 Å². The van der Waals surface area contributed by atoms with Crippen LogP contribution in [0, 0.1) is 0 Å². The Morgan fingerprint density at radius 1 is 1.40 bits per heavy atom. The summed E-state index contributed by atoms with van der Waals surface area (Å²) in [5, 5.41) is 4.42. The number of aromatic nitrogens is 2. The molecule has 1 saturated carbocycles. The lowest BCUT2D eigenvalue weighted by atomic mass is 10.2. The fourth-order valence-corrected chi connectivity index (χ4v) is 4.51. The molecule has 1 N–H and O–H groups in total. The van der Waals surface area contributed by atoms with Crippen molar-refractivity contribution >= 4 is 43.2 Å². The summed E-state index contributed by atoms with van der Waals surface area (Å²) in [5.74, 6) is 0.669. The van der Waals surface area contributed by atoms with E-state index in [1.165, 1.54) is 23.4 Å². The molecule has 2 aromatic rings. The van der Waals surface area contributed by atoms with Crippen LogP contribution in [-0.2, 0) is 6.54 Å². The van der Waals surface area contributed by atoms with Gasteiger partial charge in [-0.2, -0.15) is 0 Å². The van der Waals surface area contributed by atoms with Gasteiger partial charge in [-0.05, 0) is 57.3 Å². The molecular formula is C14H15Br2N3S. The third-order valence-corrected chi connectivity index (χ3v) is 5.35. The molecule has 3 nitrogen and oxygen atoms in total. The summed E-state index contributed by atoms with van der Waals surface area (Å²) in [7, 11) is 0. The van der Waals surface area contributed by atoms with Gasteiger partial charge in [-0.15, -0.1) is 11.3 Å². The lowest BCUT2D eigenvalue weighted by Crippen LogP contribution is -2.11. The average Bonchev–Trinajstić information content (AvgIpc) is 3.18. The van der Waals surface area contributed by atoms with Crippen molar-refractivity contribution in [2.24, 2.45) is 0 Å². The highest BCUT2D eigenvalue weighted by Crippen LogP contribution is 2.44. The Hall–Kier alpha value is -0.300. The van der Waals surface area contributed by atoms with Gasteiger partial charge in [0.1, 0.15) is 10.7 Å². The first-order chi connectivity index (χ1) is 9.69. The van der Waals surface area contributed by atoms with E-state index in [1.54, 1.807) is 11.3 Å². The largest absolute Gasteiger partial charge is 0.312 e. The second-order valence-corrected chi connectivity index (χ2v) is 7.72. The van der Waals surface area contributed by atoms with Gasteiger partial charge in [0.25, 0.3) is 0 Å². The quantitative estimate of drug-likeness (QED) is 0.766. The molecule has 2 aromatic heterocycles. The van der Waals surface area contributed by atoms with E-state index in [4.69, 9.17) is 4.98 Å². The van der Waals surface area contributed by atoms with Crippen LogP contribution < -0.4 is 5.32 Å². The minimum absolute atomic E-state index is 0.669. The van der Waals surface area contributed by atoms with E-state index in [0.717, 1.165) is 32.7 Å². The Kier molecular flexibility index (Phi) is 4.55. The smallest absolute Gasteiger partial charge is 0.143 e. The molecule has 3 rings (SSSR count). The number of rotatable bonds is 5. The van der Waals surface area contributed by atoms with Gasteiger partial charge in [0.15, 0.2) is 0 Å². The van der Waals surface area contributed by atoms with E-state index in [2.05, 4.69) is 49.1 Å². The number of thiazole rings is 1. The molecule has 1 aliphatic rings. The van der Waals surface area contributed by atoms with Gasteiger partial charge in [-0.3, -0.25) is 4.98 Å². The van der Waals surface area contributed by atoms with Gasteiger partial charge in [0, 0.05) is 32.5 Å². The third-order valence-electron chi connectivity index (χ3n) is 3.24. The SMILES string of the molecule is CCNCc1sc(-c2ncc(Br)cc2Br)nc1C1CC1. The van der Waals surface area contributed by atoms with E-state index in [1.807, 2.05) is 12.3 Å². The summed E-state index contributed by atoms with van der Waals surface area (Å²) >= 11 is 8.78. The van der Waals surface area contributed by atoms with E-state index in [0.29, 0.717) is 5.92 Å². The first-order valence-corrected chi connectivity index (χ1v) is 9.11. The number of halogens is 2. The summed E-state index contributed by atoms with van der Waals surface area (Å²) in [5.41, 5.74) is 2.21. The van der Waals surface area contributed by atoms with E-state index < -0.39 is 0 Å². The maximum absolute atomic E-state index is 4.86. The Morgan fingerprint density at radius 2 is 2.20 bits per heavy atom. The standard InChI is InChI=1S/C14H15Br2N3S/c1-2-17-7-11-12(8-3-4-8)19-14(20-11)13-10(16)5-9(15)6-18-13/h5-6,8,17H,2-4,7H2,1H3.